The van der Waals surface area contributed by atoms with Gasteiger partial charge in [0.1, 0.15) is 5.66 Å². The Kier molecular flexibility index (Phi) is 2.08. The molecule has 76 valence electrons. The highest BCUT2D eigenvalue weighted by atomic mass is 32.1. The largest absolute Gasteiger partial charge is 0.332 e. The molecule has 1 aromatic heterocycles. The van der Waals surface area contributed by atoms with Gasteiger partial charge in [-0.1, -0.05) is 0 Å². The van der Waals surface area contributed by atoms with Crippen molar-refractivity contribution in [2.75, 3.05) is 0 Å². The Morgan fingerprint density at radius 2 is 2.36 bits per heavy atom. The molecule has 2 atom stereocenters. The number of thiazole rings is 1. The molecule has 2 rings (SSSR count). The molecule has 0 spiro atoms. The minimum absolute atomic E-state index is 0.0261. The van der Waals surface area contributed by atoms with E-state index >= 15 is 0 Å². The van der Waals surface area contributed by atoms with Gasteiger partial charge in [-0.25, -0.2) is 4.98 Å². The van der Waals surface area contributed by atoms with E-state index in [1.54, 1.807) is 11.3 Å². The predicted octanol–water partition coefficient (Wildman–Crippen LogP) is 0.732. The monoisotopic (exact) mass is 211 g/mol. The number of aromatic nitrogens is 1. The Bertz CT molecular complexity index is 376. The van der Waals surface area contributed by atoms with Gasteiger partial charge in [0, 0.05) is 5.38 Å². The van der Waals surface area contributed by atoms with Crippen molar-refractivity contribution in [1.82, 2.24) is 15.6 Å². The van der Waals surface area contributed by atoms with E-state index in [0.717, 1.165) is 10.7 Å². The van der Waals surface area contributed by atoms with Gasteiger partial charge in [0.15, 0.2) is 0 Å². The lowest BCUT2D eigenvalue weighted by Crippen LogP contribution is -2.44. The Morgan fingerprint density at radius 1 is 1.64 bits per heavy atom. The summed E-state index contributed by atoms with van der Waals surface area (Å²) in [5, 5.41) is 9.08. The SMILES string of the molecule is Cc1nc(C2(C)NC(=O)C(C)N2)cs1. The second-order valence-electron chi connectivity index (χ2n) is 3.73. The smallest absolute Gasteiger partial charge is 0.238 e. The minimum Gasteiger partial charge on any atom is -0.332 e. The molecule has 1 aliphatic rings. The molecule has 0 aromatic carbocycles. The highest BCUT2D eigenvalue weighted by Gasteiger charge is 2.40. The van der Waals surface area contributed by atoms with Crippen molar-refractivity contribution >= 4 is 17.2 Å². The van der Waals surface area contributed by atoms with E-state index in [0.29, 0.717) is 0 Å². The van der Waals surface area contributed by atoms with Crippen molar-refractivity contribution in [3.8, 4) is 0 Å². The zero-order valence-electron chi connectivity index (χ0n) is 8.42. The quantitative estimate of drug-likeness (QED) is 0.720. The van der Waals surface area contributed by atoms with Crippen LogP contribution >= 0.6 is 11.3 Å². The molecule has 1 amide bonds. The molecule has 4 nitrogen and oxygen atoms in total. The summed E-state index contributed by atoms with van der Waals surface area (Å²) in [6.45, 7) is 5.74. The lowest BCUT2D eigenvalue weighted by atomic mass is 10.1. The summed E-state index contributed by atoms with van der Waals surface area (Å²) in [5.74, 6) is 0.0261. The number of amides is 1. The highest BCUT2D eigenvalue weighted by molar-refractivity contribution is 7.09. The van der Waals surface area contributed by atoms with Crippen LogP contribution in [0.15, 0.2) is 5.38 Å². The number of rotatable bonds is 1. The molecule has 1 fully saturated rings. The van der Waals surface area contributed by atoms with Gasteiger partial charge in [0.25, 0.3) is 0 Å². The molecule has 0 saturated carbocycles. The number of aryl methyl sites for hydroxylation is 1. The predicted molar refractivity (Wildman–Crippen MR) is 54.9 cm³/mol. The summed E-state index contributed by atoms with van der Waals surface area (Å²) >= 11 is 1.59. The maximum absolute atomic E-state index is 11.4. The molecular formula is C9H13N3OS. The molecule has 5 heteroatoms. The van der Waals surface area contributed by atoms with Crippen LogP contribution in [0.1, 0.15) is 24.5 Å². The molecular weight excluding hydrogens is 198 g/mol. The van der Waals surface area contributed by atoms with Crippen molar-refractivity contribution in [2.45, 2.75) is 32.5 Å². The summed E-state index contributed by atoms with van der Waals surface area (Å²) in [4.78, 5) is 15.7. The van der Waals surface area contributed by atoms with Crippen LogP contribution in [0, 0.1) is 6.92 Å². The van der Waals surface area contributed by atoms with Crippen molar-refractivity contribution in [3.63, 3.8) is 0 Å². The Labute approximate surface area is 86.7 Å². The summed E-state index contributed by atoms with van der Waals surface area (Å²) in [6, 6.07) is -0.151. The van der Waals surface area contributed by atoms with Gasteiger partial charge < -0.3 is 5.32 Å². The van der Waals surface area contributed by atoms with Gasteiger partial charge in [-0.3, -0.25) is 10.1 Å². The summed E-state index contributed by atoms with van der Waals surface area (Å²) in [5.41, 5.74) is 0.388. The average Bonchev–Trinajstić information content (AvgIpc) is 2.60. The van der Waals surface area contributed by atoms with E-state index in [1.807, 2.05) is 26.2 Å². The first-order valence-corrected chi connectivity index (χ1v) is 5.41. The van der Waals surface area contributed by atoms with Gasteiger partial charge in [0.2, 0.25) is 5.91 Å². The van der Waals surface area contributed by atoms with E-state index in [1.165, 1.54) is 0 Å². The van der Waals surface area contributed by atoms with Crippen LogP contribution in [0.4, 0.5) is 0 Å². The van der Waals surface area contributed by atoms with Crippen LogP contribution < -0.4 is 10.6 Å². The van der Waals surface area contributed by atoms with E-state index in [-0.39, 0.29) is 11.9 Å². The van der Waals surface area contributed by atoms with Crippen LogP contribution in [-0.4, -0.2) is 16.9 Å². The van der Waals surface area contributed by atoms with Crippen molar-refractivity contribution < 1.29 is 4.79 Å². The normalized spacial score (nSPS) is 31.9. The Balaban J connectivity index is 2.30. The van der Waals surface area contributed by atoms with Gasteiger partial charge in [0.05, 0.1) is 16.7 Å². The number of carbonyl (C=O) groups is 1. The molecule has 2 heterocycles. The second-order valence-corrected chi connectivity index (χ2v) is 4.79. The third-order valence-corrected chi connectivity index (χ3v) is 3.18. The third-order valence-electron chi connectivity index (χ3n) is 2.40. The first-order chi connectivity index (χ1) is 6.51. The van der Waals surface area contributed by atoms with Gasteiger partial charge in [-0.15, -0.1) is 11.3 Å². The van der Waals surface area contributed by atoms with Crippen LogP contribution in [0.25, 0.3) is 0 Å². The summed E-state index contributed by atoms with van der Waals surface area (Å²) in [7, 11) is 0. The number of nitrogens with one attached hydrogen (secondary N) is 2. The molecule has 1 saturated heterocycles. The summed E-state index contributed by atoms with van der Waals surface area (Å²) < 4.78 is 0. The van der Waals surface area contributed by atoms with Crippen LogP contribution in [0.5, 0.6) is 0 Å². The van der Waals surface area contributed by atoms with Crippen molar-refractivity contribution in [1.29, 1.82) is 0 Å². The molecule has 1 aromatic rings. The molecule has 0 aliphatic carbocycles. The van der Waals surface area contributed by atoms with Crippen LogP contribution in [0.3, 0.4) is 0 Å². The maximum Gasteiger partial charge on any atom is 0.238 e. The number of nitrogens with zero attached hydrogens (tertiary/aromatic N) is 1. The molecule has 1 aliphatic heterocycles. The second kappa shape index (κ2) is 3.03. The van der Waals surface area contributed by atoms with E-state index in [9.17, 15) is 4.79 Å². The summed E-state index contributed by atoms with van der Waals surface area (Å²) in [6.07, 6.45) is 0. The number of carbonyl (C=O) groups excluding carboxylic acids is 1. The fourth-order valence-corrected chi connectivity index (χ4v) is 2.34. The fraction of sp³-hybridized carbons (Fsp3) is 0.556. The first-order valence-electron chi connectivity index (χ1n) is 4.53. The van der Waals surface area contributed by atoms with Crippen molar-refractivity contribution in [3.05, 3.63) is 16.1 Å². The van der Waals surface area contributed by atoms with Gasteiger partial charge >= 0.3 is 0 Å². The highest BCUT2D eigenvalue weighted by Crippen LogP contribution is 2.23. The zero-order valence-corrected chi connectivity index (χ0v) is 9.23. The molecule has 2 N–H and O–H groups in total. The van der Waals surface area contributed by atoms with Crippen molar-refractivity contribution in [2.24, 2.45) is 0 Å². The lowest BCUT2D eigenvalue weighted by molar-refractivity contribution is -0.120. The molecule has 2 unspecified atom stereocenters. The Morgan fingerprint density at radius 3 is 2.79 bits per heavy atom. The minimum atomic E-state index is -0.499. The van der Waals surface area contributed by atoms with Crippen LogP contribution in [0.2, 0.25) is 0 Å². The van der Waals surface area contributed by atoms with Gasteiger partial charge in [-0.2, -0.15) is 0 Å². The molecule has 14 heavy (non-hydrogen) atoms. The molecule has 0 bridgehead atoms. The standard InChI is InChI=1S/C9H13N3OS/c1-5-8(13)12-9(3,11-5)7-4-14-6(2)10-7/h4-5,11H,1-3H3,(H,12,13). The van der Waals surface area contributed by atoms with E-state index in [4.69, 9.17) is 0 Å². The van der Waals surface area contributed by atoms with Crippen LogP contribution in [-0.2, 0) is 10.5 Å². The maximum atomic E-state index is 11.4. The van der Waals surface area contributed by atoms with E-state index in [2.05, 4.69) is 15.6 Å². The zero-order chi connectivity index (χ0) is 10.3. The lowest BCUT2D eigenvalue weighted by Gasteiger charge is -2.22. The van der Waals surface area contributed by atoms with E-state index < -0.39 is 5.66 Å². The molecule has 0 radical (unpaired) electrons. The fourth-order valence-electron chi connectivity index (χ4n) is 1.62. The van der Waals surface area contributed by atoms with Gasteiger partial charge in [-0.05, 0) is 20.8 Å². The average molecular weight is 211 g/mol. The third kappa shape index (κ3) is 1.42. The number of hydrogen-bond donors (Lipinski definition) is 2. The number of hydrogen-bond acceptors (Lipinski definition) is 4. The Hall–Kier alpha value is -0.940. The first kappa shape index (κ1) is 9.61. The topological polar surface area (TPSA) is 54.0 Å².